The molecule has 0 aromatic carbocycles. The molecule has 0 aliphatic heterocycles. The molecule has 0 saturated heterocycles. The molecule has 0 radical (unpaired) electrons. The van der Waals surface area contributed by atoms with Gasteiger partial charge < -0.3 is 25.8 Å². The van der Waals surface area contributed by atoms with Crippen LogP contribution in [0.3, 0.4) is 0 Å². The number of nitrogens with one attached hydrogen (secondary N) is 3. The molecule has 8 heteroatoms. The second kappa shape index (κ2) is 13.9. The number of carbonyl (C=O) groups is 3. The van der Waals surface area contributed by atoms with Gasteiger partial charge in [0.15, 0.2) is 0 Å². The van der Waals surface area contributed by atoms with E-state index in [4.69, 9.17) is 9.84 Å². The molecule has 3 saturated carbocycles. The fourth-order valence-electron chi connectivity index (χ4n) is 5.89. The Hall–Kier alpha value is -1.83. The molecule has 3 amide bonds. The van der Waals surface area contributed by atoms with Crippen molar-refractivity contribution < 1.29 is 24.2 Å². The van der Waals surface area contributed by atoms with E-state index >= 15 is 0 Å². The Balaban J connectivity index is 1.28. The van der Waals surface area contributed by atoms with Gasteiger partial charge in [-0.1, -0.05) is 19.8 Å². The van der Waals surface area contributed by atoms with Crippen LogP contribution in [0.1, 0.15) is 103 Å². The van der Waals surface area contributed by atoms with Gasteiger partial charge in [-0.2, -0.15) is 0 Å². The quantitative estimate of drug-likeness (QED) is 0.352. The normalized spacial score (nSPS) is 31.9. The van der Waals surface area contributed by atoms with Crippen LogP contribution in [0.4, 0.5) is 4.79 Å². The van der Waals surface area contributed by atoms with Crippen molar-refractivity contribution in [3.05, 3.63) is 0 Å². The summed E-state index contributed by atoms with van der Waals surface area (Å²) in [5.74, 6) is 0.263. The molecule has 0 aromatic heterocycles. The van der Waals surface area contributed by atoms with Crippen LogP contribution in [-0.2, 0) is 14.3 Å². The Bertz CT molecular complexity index is 665. The predicted molar refractivity (Wildman–Crippen MR) is 130 cm³/mol. The fraction of sp³-hybridized carbons (Fsp3) is 0.885. The van der Waals surface area contributed by atoms with Crippen LogP contribution < -0.4 is 16.0 Å². The molecule has 34 heavy (non-hydrogen) atoms. The summed E-state index contributed by atoms with van der Waals surface area (Å²) >= 11 is 0. The maximum Gasteiger partial charge on any atom is 0.315 e. The minimum atomic E-state index is -0.792. The Labute approximate surface area is 204 Å². The summed E-state index contributed by atoms with van der Waals surface area (Å²) in [7, 11) is 0. The van der Waals surface area contributed by atoms with Gasteiger partial charge in [0.05, 0.1) is 6.10 Å². The van der Waals surface area contributed by atoms with E-state index in [1.165, 1.54) is 19.3 Å². The van der Waals surface area contributed by atoms with Crippen LogP contribution in [0.25, 0.3) is 0 Å². The van der Waals surface area contributed by atoms with Crippen molar-refractivity contribution >= 4 is 17.9 Å². The third-order valence-electron chi connectivity index (χ3n) is 7.96. The molecule has 4 atom stereocenters. The molecule has 3 aliphatic rings. The maximum atomic E-state index is 12.6. The number of carboxylic acid groups (broad SMARTS) is 1. The minimum Gasteiger partial charge on any atom is -0.481 e. The van der Waals surface area contributed by atoms with Crippen molar-refractivity contribution in [2.24, 2.45) is 11.8 Å². The molecule has 8 nitrogen and oxygen atoms in total. The minimum absolute atomic E-state index is 0.0306. The number of ether oxygens (including phenoxy) is 1. The largest absolute Gasteiger partial charge is 0.481 e. The van der Waals surface area contributed by atoms with Crippen molar-refractivity contribution in [2.75, 3.05) is 6.61 Å². The molecular weight excluding hydrogens is 434 g/mol. The number of urea groups is 1. The fourth-order valence-corrected chi connectivity index (χ4v) is 5.89. The smallest absolute Gasteiger partial charge is 0.315 e. The number of aliphatic carboxylic acids is 1. The number of rotatable bonds is 10. The summed E-state index contributed by atoms with van der Waals surface area (Å²) in [5, 5.41) is 18.3. The molecule has 0 spiro atoms. The van der Waals surface area contributed by atoms with Gasteiger partial charge in [0.25, 0.3) is 0 Å². The van der Waals surface area contributed by atoms with Gasteiger partial charge in [-0.15, -0.1) is 0 Å². The maximum absolute atomic E-state index is 12.6. The van der Waals surface area contributed by atoms with Gasteiger partial charge in [0.2, 0.25) is 5.91 Å². The van der Waals surface area contributed by atoms with E-state index in [0.717, 1.165) is 57.8 Å². The summed E-state index contributed by atoms with van der Waals surface area (Å²) < 4.78 is 5.84. The second-order valence-electron chi connectivity index (χ2n) is 10.8. The molecule has 3 fully saturated rings. The van der Waals surface area contributed by atoms with Gasteiger partial charge in [-0.3, -0.25) is 9.59 Å². The van der Waals surface area contributed by atoms with Crippen molar-refractivity contribution in [2.45, 2.75) is 127 Å². The molecular formula is C26H45N3O5. The average Bonchev–Trinajstić information content (AvgIpc) is 2.80. The Kier molecular flexibility index (Phi) is 10.9. The lowest BCUT2D eigenvalue weighted by Gasteiger charge is -2.33. The number of hydrogen-bond donors (Lipinski definition) is 4. The lowest BCUT2D eigenvalue weighted by molar-refractivity contribution is -0.137. The summed E-state index contributed by atoms with van der Waals surface area (Å²) in [6.07, 6.45) is 13.7. The van der Waals surface area contributed by atoms with Gasteiger partial charge in [-0.05, 0) is 82.5 Å². The average molecular weight is 480 g/mol. The molecule has 0 aromatic rings. The Morgan fingerprint density at radius 2 is 1.62 bits per heavy atom. The molecule has 3 rings (SSSR count). The van der Waals surface area contributed by atoms with E-state index in [0.29, 0.717) is 37.3 Å². The van der Waals surface area contributed by atoms with Crippen LogP contribution in [0.15, 0.2) is 0 Å². The Morgan fingerprint density at radius 3 is 2.35 bits per heavy atom. The first kappa shape index (κ1) is 26.8. The highest BCUT2D eigenvalue weighted by Gasteiger charge is 2.28. The van der Waals surface area contributed by atoms with Crippen molar-refractivity contribution in [3.63, 3.8) is 0 Å². The van der Waals surface area contributed by atoms with Crippen molar-refractivity contribution in [1.29, 1.82) is 0 Å². The van der Waals surface area contributed by atoms with Crippen molar-refractivity contribution in [3.8, 4) is 0 Å². The number of carboxylic acids is 1. The third-order valence-corrected chi connectivity index (χ3v) is 7.96. The summed E-state index contributed by atoms with van der Waals surface area (Å²) in [4.78, 5) is 35.7. The zero-order valence-corrected chi connectivity index (χ0v) is 20.9. The lowest BCUT2D eigenvalue weighted by Crippen LogP contribution is -2.49. The SMILES string of the molecule is CC1CCCCC1NC(=O)NC1CCC(CC(=O)NC2CCCC(OCCCC(=O)O)C2)CC1. The van der Waals surface area contributed by atoms with E-state index < -0.39 is 5.97 Å². The first-order valence-electron chi connectivity index (χ1n) is 13.6. The number of carbonyl (C=O) groups excluding carboxylic acids is 2. The van der Waals surface area contributed by atoms with Gasteiger partial charge in [0, 0.05) is 37.6 Å². The van der Waals surface area contributed by atoms with E-state index in [2.05, 4.69) is 22.9 Å². The third kappa shape index (κ3) is 9.43. The van der Waals surface area contributed by atoms with Gasteiger partial charge in [0.1, 0.15) is 0 Å². The van der Waals surface area contributed by atoms with Crippen LogP contribution in [-0.4, -0.2) is 53.9 Å². The monoisotopic (exact) mass is 479 g/mol. The zero-order chi connectivity index (χ0) is 24.3. The van der Waals surface area contributed by atoms with Crippen LogP contribution in [0.2, 0.25) is 0 Å². The zero-order valence-electron chi connectivity index (χ0n) is 20.9. The van der Waals surface area contributed by atoms with Gasteiger partial charge in [-0.25, -0.2) is 4.79 Å². The molecule has 4 N–H and O–H groups in total. The second-order valence-corrected chi connectivity index (χ2v) is 10.8. The standard InChI is InChI=1S/C26H45N3O5/c1-18-6-2-3-9-23(18)29-26(33)28-20-13-11-19(12-14-20)16-24(30)27-21-7-4-8-22(17-21)34-15-5-10-25(31)32/h18-23H,2-17H2,1H3,(H,27,30)(H,31,32)(H2,28,29,33). The highest BCUT2D eigenvalue weighted by Crippen LogP contribution is 2.28. The summed E-state index contributed by atoms with van der Waals surface area (Å²) in [6.45, 7) is 2.69. The molecule has 3 aliphatic carbocycles. The lowest BCUT2D eigenvalue weighted by atomic mass is 9.83. The first-order valence-corrected chi connectivity index (χ1v) is 13.6. The predicted octanol–water partition coefficient (Wildman–Crippen LogP) is 4.12. The van der Waals surface area contributed by atoms with Crippen LogP contribution in [0.5, 0.6) is 0 Å². The first-order chi connectivity index (χ1) is 16.4. The highest BCUT2D eigenvalue weighted by atomic mass is 16.5. The molecule has 194 valence electrons. The van der Waals surface area contributed by atoms with Gasteiger partial charge >= 0.3 is 12.0 Å². The Morgan fingerprint density at radius 1 is 0.853 bits per heavy atom. The van der Waals surface area contributed by atoms with E-state index in [1.54, 1.807) is 0 Å². The molecule has 0 bridgehead atoms. The van der Waals surface area contributed by atoms with Crippen molar-refractivity contribution in [1.82, 2.24) is 16.0 Å². The highest BCUT2D eigenvalue weighted by molar-refractivity contribution is 5.76. The number of amides is 3. The van der Waals surface area contributed by atoms with E-state index in [9.17, 15) is 14.4 Å². The molecule has 0 heterocycles. The van der Waals surface area contributed by atoms with E-state index in [1.807, 2.05) is 0 Å². The topological polar surface area (TPSA) is 117 Å². The summed E-state index contributed by atoms with van der Waals surface area (Å²) in [6, 6.07) is 0.616. The number of hydrogen-bond acceptors (Lipinski definition) is 4. The summed E-state index contributed by atoms with van der Waals surface area (Å²) in [5.41, 5.74) is 0. The van der Waals surface area contributed by atoms with Crippen LogP contribution in [0, 0.1) is 11.8 Å². The van der Waals surface area contributed by atoms with Crippen LogP contribution >= 0.6 is 0 Å². The molecule has 4 unspecified atom stereocenters. The van der Waals surface area contributed by atoms with E-state index in [-0.39, 0.29) is 36.5 Å².